The van der Waals surface area contributed by atoms with Crippen molar-refractivity contribution in [1.82, 2.24) is 0 Å². The van der Waals surface area contributed by atoms with Gasteiger partial charge in [-0.25, -0.2) is 0 Å². The van der Waals surface area contributed by atoms with E-state index in [0.29, 0.717) is 12.8 Å². The standard InChI is InChI=1S/C44H82O12S/c1-3-5-7-9-11-13-15-17-19-21-23-25-27-29-31-33-40(46)55-37(35-54-44-43(49)42(48)41(47)38(56-44)36-57(50,51)52)34-53-39(45)32-30-28-26-24-22-20-18-16-14-12-10-8-6-4-2/h27,29,37-38,41-44,47-49H,3-26,28,30-36H2,1-2H3,(H,50,51,52)/b29-27+/t37-,38-,41-,42?,43?,44+/m1/s1. The molecule has 2 unspecified atom stereocenters. The number of unbranched alkanes of at least 4 members (excludes halogenated alkanes) is 24. The molecule has 0 saturated carbocycles. The molecule has 1 fully saturated rings. The summed E-state index contributed by atoms with van der Waals surface area (Å²) in [6.45, 7) is 3.74. The molecule has 1 aliphatic heterocycles. The quantitative estimate of drug-likeness (QED) is 0.0200. The second kappa shape index (κ2) is 35.2. The Labute approximate surface area is 346 Å². The summed E-state index contributed by atoms with van der Waals surface area (Å²) in [4.78, 5) is 25.3. The molecule has 0 aliphatic carbocycles. The van der Waals surface area contributed by atoms with E-state index < -0.39 is 71.2 Å². The van der Waals surface area contributed by atoms with Crippen LogP contribution >= 0.6 is 0 Å². The van der Waals surface area contributed by atoms with E-state index in [1.807, 2.05) is 6.08 Å². The fraction of sp³-hybridized carbons (Fsp3) is 0.909. The van der Waals surface area contributed by atoms with Crippen LogP contribution in [0.5, 0.6) is 0 Å². The highest BCUT2D eigenvalue weighted by Crippen LogP contribution is 2.24. The van der Waals surface area contributed by atoms with Crippen LogP contribution in [0.3, 0.4) is 0 Å². The molecule has 0 radical (unpaired) electrons. The highest BCUT2D eigenvalue weighted by molar-refractivity contribution is 7.85. The third kappa shape index (κ3) is 30.1. The number of allylic oxidation sites excluding steroid dienone is 2. The predicted octanol–water partition coefficient (Wildman–Crippen LogP) is 9.06. The van der Waals surface area contributed by atoms with E-state index in [1.165, 1.54) is 128 Å². The topological polar surface area (TPSA) is 186 Å². The summed E-state index contributed by atoms with van der Waals surface area (Å²) in [5.41, 5.74) is 0. The minimum atomic E-state index is -4.60. The van der Waals surface area contributed by atoms with E-state index in [0.717, 1.165) is 32.1 Å². The monoisotopic (exact) mass is 835 g/mol. The third-order valence-electron chi connectivity index (χ3n) is 10.6. The normalized spacial score (nSPS) is 20.6. The minimum absolute atomic E-state index is 0.0855. The van der Waals surface area contributed by atoms with Gasteiger partial charge in [-0.05, 0) is 25.7 Å². The first-order valence-corrected chi connectivity index (χ1v) is 24.4. The highest BCUT2D eigenvalue weighted by atomic mass is 32.2. The van der Waals surface area contributed by atoms with Crippen LogP contribution < -0.4 is 0 Å². The molecule has 1 rings (SSSR count). The summed E-state index contributed by atoms with van der Waals surface area (Å²) in [5.74, 6) is -2.03. The van der Waals surface area contributed by atoms with Gasteiger partial charge in [0.2, 0.25) is 0 Å². The Morgan fingerprint density at radius 2 is 1.04 bits per heavy atom. The van der Waals surface area contributed by atoms with E-state index in [4.69, 9.17) is 18.9 Å². The summed E-state index contributed by atoms with van der Waals surface area (Å²) >= 11 is 0. The number of ether oxygens (including phenoxy) is 4. The molecule has 57 heavy (non-hydrogen) atoms. The van der Waals surface area contributed by atoms with Gasteiger partial charge in [-0.2, -0.15) is 8.42 Å². The summed E-state index contributed by atoms with van der Waals surface area (Å²) < 4.78 is 54.0. The minimum Gasteiger partial charge on any atom is -0.462 e. The van der Waals surface area contributed by atoms with Crippen LogP contribution in [0.15, 0.2) is 12.2 Å². The van der Waals surface area contributed by atoms with Gasteiger partial charge in [-0.1, -0.05) is 174 Å². The zero-order valence-corrected chi connectivity index (χ0v) is 36.5. The largest absolute Gasteiger partial charge is 0.462 e. The molecule has 0 bridgehead atoms. The van der Waals surface area contributed by atoms with E-state index >= 15 is 0 Å². The lowest BCUT2D eigenvalue weighted by atomic mass is 10.00. The lowest BCUT2D eigenvalue weighted by Gasteiger charge is -2.40. The zero-order valence-electron chi connectivity index (χ0n) is 35.7. The fourth-order valence-electron chi connectivity index (χ4n) is 7.05. The van der Waals surface area contributed by atoms with Crippen molar-refractivity contribution >= 4 is 22.1 Å². The molecule has 0 aromatic heterocycles. The maximum atomic E-state index is 12.8. The van der Waals surface area contributed by atoms with Crippen molar-refractivity contribution < 1.29 is 56.8 Å². The molecule has 1 aliphatic rings. The molecule has 0 spiro atoms. The van der Waals surface area contributed by atoms with E-state index in [9.17, 15) is 37.9 Å². The molecule has 336 valence electrons. The van der Waals surface area contributed by atoms with Gasteiger partial charge in [0.05, 0.1) is 6.61 Å². The molecular weight excluding hydrogens is 753 g/mol. The number of carbonyl (C=O) groups is 2. The fourth-order valence-corrected chi connectivity index (χ4v) is 7.74. The second-order valence-electron chi connectivity index (χ2n) is 16.1. The summed E-state index contributed by atoms with van der Waals surface area (Å²) in [7, 11) is -4.60. The Morgan fingerprint density at radius 3 is 1.53 bits per heavy atom. The third-order valence-corrected chi connectivity index (χ3v) is 11.4. The highest BCUT2D eigenvalue weighted by Gasteiger charge is 2.46. The zero-order chi connectivity index (χ0) is 42.0. The predicted molar refractivity (Wildman–Crippen MR) is 224 cm³/mol. The van der Waals surface area contributed by atoms with Gasteiger partial charge in [0.1, 0.15) is 36.8 Å². The smallest absolute Gasteiger partial charge is 0.306 e. The van der Waals surface area contributed by atoms with E-state index in [2.05, 4.69) is 19.9 Å². The van der Waals surface area contributed by atoms with Gasteiger partial charge in [0, 0.05) is 12.8 Å². The van der Waals surface area contributed by atoms with Crippen molar-refractivity contribution in [2.45, 2.75) is 237 Å². The van der Waals surface area contributed by atoms with Crippen molar-refractivity contribution in [2.75, 3.05) is 19.0 Å². The molecular formula is C44H82O12S. The summed E-state index contributed by atoms with van der Waals surface area (Å²) in [6.07, 6.45) is 27.0. The Hall–Kier alpha value is -1.61. The van der Waals surface area contributed by atoms with Crippen molar-refractivity contribution in [1.29, 1.82) is 0 Å². The van der Waals surface area contributed by atoms with Gasteiger partial charge < -0.3 is 34.3 Å². The first kappa shape index (κ1) is 53.4. The molecule has 12 nitrogen and oxygen atoms in total. The SMILES string of the molecule is CCCCCCCCCCCCC/C=C/CCC(=O)O[C@H](COC(=O)CCCCCCCCCCCCCCCC)CO[C@H]1O[C@H](CS(=O)(=O)O)[C@@H](O)C(O)C1O. The van der Waals surface area contributed by atoms with Gasteiger partial charge in [-0.15, -0.1) is 0 Å². The van der Waals surface area contributed by atoms with Crippen molar-refractivity contribution in [3.05, 3.63) is 12.2 Å². The van der Waals surface area contributed by atoms with E-state index in [-0.39, 0.29) is 19.4 Å². The molecule has 0 amide bonds. The van der Waals surface area contributed by atoms with Gasteiger partial charge in [-0.3, -0.25) is 14.1 Å². The van der Waals surface area contributed by atoms with Crippen molar-refractivity contribution in [2.24, 2.45) is 0 Å². The average Bonchev–Trinajstić information content (AvgIpc) is 3.17. The molecule has 4 N–H and O–H groups in total. The number of aliphatic hydroxyl groups excluding tert-OH is 3. The summed E-state index contributed by atoms with van der Waals surface area (Å²) in [5, 5.41) is 30.8. The lowest BCUT2D eigenvalue weighted by Crippen LogP contribution is -2.60. The molecule has 13 heteroatoms. The molecule has 6 atom stereocenters. The molecule has 1 heterocycles. The van der Waals surface area contributed by atoms with Crippen LogP contribution in [0, 0.1) is 0 Å². The average molecular weight is 835 g/mol. The number of esters is 2. The van der Waals surface area contributed by atoms with Gasteiger partial charge in [0.15, 0.2) is 12.4 Å². The van der Waals surface area contributed by atoms with Crippen LogP contribution in [0.4, 0.5) is 0 Å². The van der Waals surface area contributed by atoms with Gasteiger partial charge in [0.25, 0.3) is 10.1 Å². The first-order valence-electron chi connectivity index (χ1n) is 22.7. The Balaban J connectivity index is 2.46. The van der Waals surface area contributed by atoms with Crippen LogP contribution in [-0.4, -0.2) is 96.0 Å². The van der Waals surface area contributed by atoms with Crippen LogP contribution in [0.25, 0.3) is 0 Å². The van der Waals surface area contributed by atoms with Crippen molar-refractivity contribution in [3.63, 3.8) is 0 Å². The lowest BCUT2D eigenvalue weighted by molar-refractivity contribution is -0.297. The Kier molecular flexibility index (Phi) is 33.0. The molecule has 1 saturated heterocycles. The number of rotatable bonds is 38. The summed E-state index contributed by atoms with van der Waals surface area (Å²) in [6, 6.07) is 0. The number of carbonyl (C=O) groups excluding carboxylic acids is 2. The number of aliphatic hydroxyl groups is 3. The number of hydrogen-bond acceptors (Lipinski definition) is 11. The second-order valence-corrected chi connectivity index (χ2v) is 17.6. The first-order chi connectivity index (χ1) is 27.5. The Morgan fingerprint density at radius 1 is 0.579 bits per heavy atom. The van der Waals surface area contributed by atoms with Crippen LogP contribution in [0.2, 0.25) is 0 Å². The van der Waals surface area contributed by atoms with Crippen molar-refractivity contribution in [3.8, 4) is 0 Å². The molecule has 0 aromatic rings. The number of hydrogen-bond donors (Lipinski definition) is 4. The Bertz CT molecular complexity index is 1120. The van der Waals surface area contributed by atoms with Crippen LogP contribution in [0.1, 0.15) is 200 Å². The van der Waals surface area contributed by atoms with Crippen LogP contribution in [-0.2, 0) is 38.7 Å². The van der Waals surface area contributed by atoms with Gasteiger partial charge >= 0.3 is 11.9 Å². The maximum absolute atomic E-state index is 12.8. The maximum Gasteiger partial charge on any atom is 0.306 e. The van der Waals surface area contributed by atoms with E-state index in [1.54, 1.807) is 0 Å². The molecule has 0 aromatic carbocycles.